The molecule has 21 heavy (non-hydrogen) atoms. The first-order valence-corrected chi connectivity index (χ1v) is 6.47. The Kier molecular flexibility index (Phi) is 5.93. The largest absolute Gasteiger partial charge is 0.542 e. The average molecular weight is 313 g/mol. The monoisotopic (exact) mass is 313 g/mol. The number of aryl methyl sites for hydroxylation is 1. The van der Waals surface area contributed by atoms with Crippen molar-refractivity contribution in [2.75, 3.05) is 0 Å². The van der Waals surface area contributed by atoms with Crippen LogP contribution in [0.2, 0.25) is 0 Å². The molecule has 0 aliphatic carbocycles. The summed E-state index contributed by atoms with van der Waals surface area (Å²) in [6.07, 6.45) is -3.18. The number of aromatic nitrogens is 1. The molecule has 0 N–H and O–H groups in total. The van der Waals surface area contributed by atoms with Gasteiger partial charge in [0.1, 0.15) is 13.0 Å². The van der Waals surface area contributed by atoms with Gasteiger partial charge in [-0.05, 0) is 12.1 Å². The van der Waals surface area contributed by atoms with E-state index in [9.17, 15) is 13.2 Å². The number of nitrogens with zero attached hydrogens (tertiary/aromatic N) is 1. The van der Waals surface area contributed by atoms with Crippen LogP contribution < -0.4 is 9.67 Å². The molecule has 0 saturated carbocycles. The highest BCUT2D eigenvalue weighted by molar-refractivity contribution is 7.09. The molecule has 0 amide bonds. The lowest BCUT2D eigenvalue weighted by molar-refractivity contribution is -0.668. The molecular weight excluding hydrogens is 303 g/mol. The van der Waals surface area contributed by atoms with Crippen LogP contribution in [0.25, 0.3) is 0 Å². The minimum Gasteiger partial charge on any atom is -0.542 e. The zero-order valence-corrected chi connectivity index (χ0v) is 11.7. The first kappa shape index (κ1) is 16.7. The third kappa shape index (κ3) is 6.10. The molecule has 0 atom stereocenters. The Morgan fingerprint density at radius 3 is 2.24 bits per heavy atom. The SMILES string of the molecule is C[n+]1ccsc1C#Cc1ccccc1.O=C([O-])C(F)(F)F. The Labute approximate surface area is 123 Å². The van der Waals surface area contributed by atoms with E-state index in [-0.39, 0.29) is 0 Å². The number of thiazole rings is 1. The predicted molar refractivity (Wildman–Crippen MR) is 69.0 cm³/mol. The molecule has 0 aliphatic rings. The van der Waals surface area contributed by atoms with E-state index in [1.807, 2.05) is 53.5 Å². The molecule has 1 aromatic heterocycles. The first-order valence-electron chi connectivity index (χ1n) is 5.59. The molecule has 1 heterocycles. The van der Waals surface area contributed by atoms with Gasteiger partial charge in [0.25, 0.3) is 0 Å². The van der Waals surface area contributed by atoms with Crippen molar-refractivity contribution < 1.29 is 27.6 Å². The van der Waals surface area contributed by atoms with Gasteiger partial charge in [-0.2, -0.15) is 17.7 Å². The van der Waals surface area contributed by atoms with Crippen molar-refractivity contribution in [1.82, 2.24) is 0 Å². The summed E-state index contributed by atoms with van der Waals surface area (Å²) in [4.78, 5) is 8.78. The van der Waals surface area contributed by atoms with Gasteiger partial charge < -0.3 is 9.90 Å². The summed E-state index contributed by atoms with van der Waals surface area (Å²) in [5.74, 6) is 3.26. The predicted octanol–water partition coefficient (Wildman–Crippen LogP) is 1.27. The van der Waals surface area contributed by atoms with E-state index in [1.54, 1.807) is 11.3 Å². The van der Waals surface area contributed by atoms with Crippen LogP contribution in [0.1, 0.15) is 10.6 Å². The van der Waals surface area contributed by atoms with Crippen LogP contribution in [0.5, 0.6) is 0 Å². The minimum absolute atomic E-state index is 1.06. The lowest BCUT2D eigenvalue weighted by atomic mass is 10.2. The standard InChI is InChI=1S/C12H10NS.C2HF3O2/c1-13-9-10-14-12(13)8-7-11-5-3-2-4-6-11;3-2(4,5)1(6)7/h2-6,9-10H,1H3;(H,6,7)/q+1;/p-1. The average Bonchev–Trinajstić information content (AvgIpc) is 2.83. The third-order valence-electron chi connectivity index (χ3n) is 2.10. The first-order chi connectivity index (χ1) is 9.80. The van der Waals surface area contributed by atoms with Gasteiger partial charge in [0.2, 0.25) is 0 Å². The van der Waals surface area contributed by atoms with E-state index in [4.69, 9.17) is 9.90 Å². The number of hydrogen-bond donors (Lipinski definition) is 0. The second-order valence-electron chi connectivity index (χ2n) is 3.72. The van der Waals surface area contributed by atoms with Crippen LogP contribution in [-0.2, 0) is 11.8 Å². The molecule has 0 aliphatic heterocycles. The molecule has 0 saturated heterocycles. The summed E-state index contributed by atoms with van der Waals surface area (Å²) < 4.78 is 33.6. The van der Waals surface area contributed by atoms with Gasteiger partial charge in [0.15, 0.2) is 6.20 Å². The highest BCUT2D eigenvalue weighted by Gasteiger charge is 2.28. The molecule has 0 spiro atoms. The van der Waals surface area contributed by atoms with Crippen molar-refractivity contribution >= 4 is 17.3 Å². The number of aliphatic carboxylic acids is 1. The van der Waals surface area contributed by atoms with Crippen LogP contribution in [-0.4, -0.2) is 12.1 Å². The highest BCUT2D eigenvalue weighted by atomic mass is 32.1. The number of rotatable bonds is 0. The number of carboxylic acid groups (broad SMARTS) is 1. The fraction of sp³-hybridized carbons (Fsp3) is 0.143. The van der Waals surface area contributed by atoms with Gasteiger partial charge >= 0.3 is 11.2 Å². The minimum atomic E-state index is -5.19. The topological polar surface area (TPSA) is 44.0 Å². The summed E-state index contributed by atoms with van der Waals surface area (Å²) in [5.41, 5.74) is 1.06. The van der Waals surface area contributed by atoms with E-state index in [0.717, 1.165) is 10.6 Å². The maximum atomic E-state index is 10.5. The normalized spacial score (nSPS) is 9.90. The molecule has 3 nitrogen and oxygen atoms in total. The maximum Gasteiger partial charge on any atom is 0.430 e. The summed E-state index contributed by atoms with van der Waals surface area (Å²) in [5, 5.41) is 11.9. The Morgan fingerprint density at radius 1 is 1.24 bits per heavy atom. The molecule has 0 radical (unpaired) electrons. The molecule has 2 aromatic rings. The van der Waals surface area contributed by atoms with Gasteiger partial charge in [0.05, 0.1) is 5.38 Å². The Morgan fingerprint density at radius 2 is 1.81 bits per heavy atom. The van der Waals surface area contributed by atoms with E-state index in [2.05, 4.69) is 11.8 Å². The van der Waals surface area contributed by atoms with E-state index in [1.165, 1.54) is 0 Å². The van der Waals surface area contributed by atoms with Crippen LogP contribution >= 0.6 is 11.3 Å². The van der Waals surface area contributed by atoms with Gasteiger partial charge in [0, 0.05) is 11.5 Å². The molecule has 1 aromatic carbocycles. The zero-order valence-electron chi connectivity index (χ0n) is 10.8. The second-order valence-corrected chi connectivity index (χ2v) is 4.61. The van der Waals surface area contributed by atoms with Crippen LogP contribution in [0.15, 0.2) is 41.9 Å². The molecule has 7 heteroatoms. The number of alkyl halides is 3. The number of carbonyl (C=O) groups is 1. The maximum absolute atomic E-state index is 10.5. The summed E-state index contributed by atoms with van der Waals surface area (Å²) in [6.45, 7) is 0. The number of halogens is 3. The van der Waals surface area contributed by atoms with Crippen molar-refractivity contribution in [3.05, 3.63) is 52.5 Å². The van der Waals surface area contributed by atoms with Crippen LogP contribution in [0, 0.1) is 11.8 Å². The zero-order chi connectivity index (χ0) is 15.9. The quantitative estimate of drug-likeness (QED) is 0.543. The van der Waals surface area contributed by atoms with Crippen LogP contribution in [0.3, 0.4) is 0 Å². The number of carboxylic acids is 1. The molecule has 0 fully saturated rings. The van der Waals surface area contributed by atoms with Gasteiger partial charge in [-0.25, -0.2) is 0 Å². The molecule has 2 rings (SSSR count). The van der Waals surface area contributed by atoms with Crippen molar-refractivity contribution in [3.63, 3.8) is 0 Å². The van der Waals surface area contributed by atoms with E-state index in [0.29, 0.717) is 0 Å². The molecule has 110 valence electrons. The Bertz CT molecular complexity index is 654. The lowest BCUT2D eigenvalue weighted by Crippen LogP contribution is -2.37. The fourth-order valence-electron chi connectivity index (χ4n) is 1.10. The van der Waals surface area contributed by atoms with E-state index >= 15 is 0 Å². The highest BCUT2D eigenvalue weighted by Crippen LogP contribution is 2.11. The number of hydrogen-bond acceptors (Lipinski definition) is 3. The second kappa shape index (κ2) is 7.45. The van der Waals surface area contributed by atoms with Crippen molar-refractivity contribution in [2.45, 2.75) is 6.18 Å². The number of benzene rings is 1. The molecular formula is C14H10F3NO2S. The Balaban J connectivity index is 0.000000270. The van der Waals surface area contributed by atoms with Gasteiger partial charge in [-0.15, -0.1) is 0 Å². The van der Waals surface area contributed by atoms with Crippen molar-refractivity contribution in [3.8, 4) is 11.8 Å². The third-order valence-corrected chi connectivity index (χ3v) is 2.97. The summed E-state index contributed by atoms with van der Waals surface area (Å²) in [7, 11) is 2.01. The van der Waals surface area contributed by atoms with Crippen LogP contribution in [0.4, 0.5) is 13.2 Å². The summed E-state index contributed by atoms with van der Waals surface area (Å²) >= 11 is 1.66. The van der Waals surface area contributed by atoms with Gasteiger partial charge in [-0.1, -0.05) is 35.5 Å². The lowest BCUT2D eigenvalue weighted by Gasteiger charge is -2.03. The van der Waals surface area contributed by atoms with E-state index < -0.39 is 12.1 Å². The van der Waals surface area contributed by atoms with Crippen molar-refractivity contribution in [1.29, 1.82) is 0 Å². The van der Waals surface area contributed by atoms with Crippen molar-refractivity contribution in [2.24, 2.45) is 7.05 Å². The molecule has 0 unspecified atom stereocenters. The smallest absolute Gasteiger partial charge is 0.430 e. The molecule has 0 bridgehead atoms. The number of carbonyl (C=O) groups excluding carboxylic acids is 1. The fourth-order valence-corrected chi connectivity index (χ4v) is 1.81. The summed E-state index contributed by atoms with van der Waals surface area (Å²) in [6, 6.07) is 10.0. The van der Waals surface area contributed by atoms with Gasteiger partial charge in [-0.3, -0.25) is 0 Å². The Hall–Kier alpha value is -2.33.